The van der Waals surface area contributed by atoms with Gasteiger partial charge in [-0.3, -0.25) is 4.98 Å². The van der Waals surface area contributed by atoms with Crippen LogP contribution in [0.3, 0.4) is 0 Å². The summed E-state index contributed by atoms with van der Waals surface area (Å²) in [5.74, 6) is 0. The quantitative estimate of drug-likeness (QED) is 0.760. The monoisotopic (exact) mass is 217 g/mol. The molecule has 0 aliphatic rings. The smallest absolute Gasteiger partial charge is 0.0684 e. The summed E-state index contributed by atoms with van der Waals surface area (Å²) in [6.45, 7) is 5.80. The zero-order valence-corrected chi connectivity index (χ0v) is 10.3. The normalized spacial score (nSPS) is 11.4. The molecule has 3 heteroatoms. The van der Waals surface area contributed by atoms with E-state index in [2.05, 4.69) is 23.0 Å². The molecule has 1 heterocycles. The van der Waals surface area contributed by atoms with E-state index < -0.39 is 0 Å². The van der Waals surface area contributed by atoms with E-state index in [0.29, 0.717) is 0 Å². The van der Waals surface area contributed by atoms with Crippen molar-refractivity contribution in [2.24, 2.45) is 5.41 Å². The van der Waals surface area contributed by atoms with Gasteiger partial charge in [-0.2, -0.15) is 5.26 Å². The molecule has 0 amide bonds. The molecule has 0 aromatic carbocycles. The molecule has 0 N–H and O–H groups in total. The molecule has 0 spiro atoms. The number of hydrogen-bond acceptors (Lipinski definition) is 3. The number of hydrogen-bond donors (Lipinski definition) is 0. The van der Waals surface area contributed by atoms with E-state index in [9.17, 15) is 0 Å². The van der Waals surface area contributed by atoms with E-state index in [1.807, 2.05) is 38.4 Å². The van der Waals surface area contributed by atoms with Crippen LogP contribution in [0.4, 0.5) is 0 Å². The number of pyridine rings is 1. The van der Waals surface area contributed by atoms with Crippen molar-refractivity contribution >= 4 is 0 Å². The molecule has 0 aliphatic carbocycles. The molecule has 0 bridgehead atoms. The average Bonchev–Trinajstić information content (AvgIpc) is 2.28. The molecule has 16 heavy (non-hydrogen) atoms. The van der Waals surface area contributed by atoms with Gasteiger partial charge in [-0.05, 0) is 51.6 Å². The first kappa shape index (κ1) is 12.7. The lowest BCUT2D eigenvalue weighted by molar-refractivity contribution is 0.280. The van der Waals surface area contributed by atoms with Crippen molar-refractivity contribution in [3.63, 3.8) is 0 Å². The Morgan fingerprint density at radius 3 is 2.56 bits per heavy atom. The van der Waals surface area contributed by atoms with Crippen LogP contribution in [0.1, 0.15) is 25.8 Å². The summed E-state index contributed by atoms with van der Waals surface area (Å²) < 4.78 is 0. The molecule has 1 rings (SSSR count). The summed E-state index contributed by atoms with van der Waals surface area (Å²) >= 11 is 0. The van der Waals surface area contributed by atoms with Gasteiger partial charge in [-0.25, -0.2) is 0 Å². The molecular weight excluding hydrogens is 198 g/mol. The van der Waals surface area contributed by atoms with Crippen LogP contribution < -0.4 is 0 Å². The largest absolute Gasteiger partial charge is 0.302 e. The molecule has 0 unspecified atom stereocenters. The van der Waals surface area contributed by atoms with Crippen molar-refractivity contribution in [3.8, 4) is 6.07 Å². The van der Waals surface area contributed by atoms with Crippen LogP contribution in [0.2, 0.25) is 0 Å². The Bertz CT molecular complexity index is 351. The van der Waals surface area contributed by atoms with Crippen LogP contribution in [-0.4, -0.2) is 23.5 Å². The maximum atomic E-state index is 8.92. The first-order chi connectivity index (χ1) is 7.53. The Labute approximate surface area is 97.7 Å². The minimum absolute atomic E-state index is 0.230. The second-order valence-electron chi connectivity index (χ2n) is 4.84. The van der Waals surface area contributed by atoms with E-state index in [0.717, 1.165) is 19.5 Å². The molecule has 1 aromatic rings. The van der Waals surface area contributed by atoms with E-state index in [-0.39, 0.29) is 5.41 Å². The van der Waals surface area contributed by atoms with Crippen molar-refractivity contribution in [1.29, 1.82) is 5.26 Å². The highest BCUT2D eigenvalue weighted by Gasteiger charge is 2.16. The molecule has 0 fully saturated rings. The van der Waals surface area contributed by atoms with E-state index in [1.54, 1.807) is 0 Å². The highest BCUT2D eigenvalue weighted by atomic mass is 15.1. The van der Waals surface area contributed by atoms with Crippen molar-refractivity contribution in [3.05, 3.63) is 30.1 Å². The zero-order valence-electron chi connectivity index (χ0n) is 10.3. The number of nitriles is 1. The Morgan fingerprint density at radius 1 is 1.38 bits per heavy atom. The highest BCUT2D eigenvalue weighted by Crippen LogP contribution is 2.18. The minimum atomic E-state index is -0.230. The number of nitrogens with zero attached hydrogens (tertiary/aromatic N) is 3. The van der Waals surface area contributed by atoms with E-state index >= 15 is 0 Å². The van der Waals surface area contributed by atoms with Gasteiger partial charge in [0.05, 0.1) is 11.5 Å². The lowest BCUT2D eigenvalue weighted by Crippen LogP contribution is -2.23. The minimum Gasteiger partial charge on any atom is -0.302 e. The molecule has 0 radical (unpaired) electrons. The molecule has 1 aromatic heterocycles. The van der Waals surface area contributed by atoms with Crippen LogP contribution in [-0.2, 0) is 6.54 Å². The number of aromatic nitrogens is 1. The second kappa shape index (κ2) is 5.62. The predicted octanol–water partition coefficient (Wildman–Crippen LogP) is 2.45. The van der Waals surface area contributed by atoms with Crippen LogP contribution >= 0.6 is 0 Å². The van der Waals surface area contributed by atoms with Gasteiger partial charge in [0.2, 0.25) is 0 Å². The Balaban J connectivity index is 2.38. The third-order valence-electron chi connectivity index (χ3n) is 2.62. The van der Waals surface area contributed by atoms with Gasteiger partial charge in [-0.15, -0.1) is 0 Å². The van der Waals surface area contributed by atoms with Gasteiger partial charge in [-0.1, -0.05) is 0 Å². The van der Waals surface area contributed by atoms with Crippen molar-refractivity contribution < 1.29 is 0 Å². The fourth-order valence-corrected chi connectivity index (χ4v) is 1.41. The van der Waals surface area contributed by atoms with E-state index in [4.69, 9.17) is 5.26 Å². The Kier molecular flexibility index (Phi) is 4.45. The molecular formula is C13H19N3. The van der Waals surface area contributed by atoms with Crippen LogP contribution in [0.5, 0.6) is 0 Å². The number of rotatable bonds is 5. The van der Waals surface area contributed by atoms with Gasteiger partial charge in [0, 0.05) is 18.9 Å². The molecule has 3 nitrogen and oxygen atoms in total. The summed E-state index contributed by atoms with van der Waals surface area (Å²) in [5.41, 5.74) is 1.03. The molecule has 0 aliphatic heterocycles. The Morgan fingerprint density at radius 2 is 2.00 bits per heavy atom. The van der Waals surface area contributed by atoms with Gasteiger partial charge >= 0.3 is 0 Å². The second-order valence-corrected chi connectivity index (χ2v) is 4.84. The predicted molar refractivity (Wildman–Crippen MR) is 64.6 cm³/mol. The van der Waals surface area contributed by atoms with Crippen molar-refractivity contribution in [2.75, 3.05) is 13.6 Å². The molecule has 0 saturated heterocycles. The lowest BCUT2D eigenvalue weighted by atomic mass is 9.91. The third kappa shape index (κ3) is 4.41. The topological polar surface area (TPSA) is 39.9 Å². The van der Waals surface area contributed by atoms with Crippen molar-refractivity contribution in [2.45, 2.75) is 26.8 Å². The standard InChI is InChI=1S/C13H19N3/c1-13(2,11-14)6-9-16(3)10-12-4-7-15-8-5-12/h4-5,7-8H,6,9-10H2,1-3H3. The van der Waals surface area contributed by atoms with E-state index in [1.165, 1.54) is 5.56 Å². The van der Waals surface area contributed by atoms with Gasteiger partial charge in [0.1, 0.15) is 0 Å². The van der Waals surface area contributed by atoms with Crippen LogP contribution in [0.25, 0.3) is 0 Å². The SMILES string of the molecule is CN(CCC(C)(C)C#N)Cc1ccncc1. The fraction of sp³-hybridized carbons (Fsp3) is 0.538. The summed E-state index contributed by atoms with van der Waals surface area (Å²) in [4.78, 5) is 6.22. The summed E-state index contributed by atoms with van der Waals surface area (Å²) in [6.07, 6.45) is 4.51. The summed E-state index contributed by atoms with van der Waals surface area (Å²) in [5, 5.41) is 8.92. The molecule has 0 saturated carbocycles. The molecule has 86 valence electrons. The maximum absolute atomic E-state index is 8.92. The molecule has 0 atom stereocenters. The highest BCUT2D eigenvalue weighted by molar-refractivity contribution is 5.09. The Hall–Kier alpha value is -1.40. The average molecular weight is 217 g/mol. The summed E-state index contributed by atoms with van der Waals surface area (Å²) in [7, 11) is 2.08. The van der Waals surface area contributed by atoms with Gasteiger partial charge in [0.15, 0.2) is 0 Å². The first-order valence-electron chi connectivity index (χ1n) is 5.52. The first-order valence-corrected chi connectivity index (χ1v) is 5.52. The van der Waals surface area contributed by atoms with Gasteiger partial charge < -0.3 is 4.90 Å². The van der Waals surface area contributed by atoms with Crippen molar-refractivity contribution in [1.82, 2.24) is 9.88 Å². The maximum Gasteiger partial charge on any atom is 0.0684 e. The zero-order chi connectivity index (χ0) is 12.0. The van der Waals surface area contributed by atoms with Gasteiger partial charge in [0.25, 0.3) is 0 Å². The fourth-order valence-electron chi connectivity index (χ4n) is 1.41. The lowest BCUT2D eigenvalue weighted by Gasteiger charge is -2.21. The summed E-state index contributed by atoms with van der Waals surface area (Å²) in [6, 6.07) is 6.36. The third-order valence-corrected chi connectivity index (χ3v) is 2.62. The van der Waals surface area contributed by atoms with Crippen LogP contribution in [0, 0.1) is 16.7 Å². The van der Waals surface area contributed by atoms with Crippen LogP contribution in [0.15, 0.2) is 24.5 Å².